The number of carbonyl (C=O) groups is 2. The minimum Gasteiger partial charge on any atom is -0.355 e. The van der Waals surface area contributed by atoms with Crippen LogP contribution in [0.3, 0.4) is 0 Å². The lowest BCUT2D eigenvalue weighted by atomic mass is 9.96. The first-order chi connectivity index (χ1) is 13.2. The number of nitrogens with zero attached hydrogens (tertiary/aromatic N) is 3. The van der Waals surface area contributed by atoms with Crippen molar-refractivity contribution in [2.75, 3.05) is 28.6 Å². The summed E-state index contributed by atoms with van der Waals surface area (Å²) in [6, 6.07) is 7.28. The molecule has 27 heavy (non-hydrogen) atoms. The van der Waals surface area contributed by atoms with E-state index in [9.17, 15) is 9.59 Å². The standard InChI is InChI=1S/C20H25N5O2/c1-2-4-19(26)23-16-5-3-6-17(13-16)24-20(27)15-7-11-25(12-8-15)18-14-21-9-10-22-18/h3,5-6,9-10,13-15H,2,4,7-8,11-12H2,1H3,(H,23,26)(H,24,27). The van der Waals surface area contributed by atoms with Gasteiger partial charge >= 0.3 is 0 Å². The lowest BCUT2D eigenvalue weighted by Crippen LogP contribution is -2.38. The molecule has 0 aliphatic carbocycles. The molecule has 1 aliphatic heterocycles. The van der Waals surface area contributed by atoms with Crippen LogP contribution < -0.4 is 15.5 Å². The molecule has 0 saturated carbocycles. The zero-order valence-corrected chi connectivity index (χ0v) is 15.5. The van der Waals surface area contributed by atoms with Crippen LogP contribution in [0.25, 0.3) is 0 Å². The van der Waals surface area contributed by atoms with E-state index in [1.54, 1.807) is 24.7 Å². The molecule has 1 aromatic carbocycles. The smallest absolute Gasteiger partial charge is 0.227 e. The summed E-state index contributed by atoms with van der Waals surface area (Å²) in [4.78, 5) is 34.9. The number of hydrogen-bond donors (Lipinski definition) is 2. The summed E-state index contributed by atoms with van der Waals surface area (Å²) in [5, 5.41) is 5.83. The Hall–Kier alpha value is -2.96. The van der Waals surface area contributed by atoms with E-state index in [2.05, 4.69) is 25.5 Å². The molecule has 2 amide bonds. The van der Waals surface area contributed by atoms with E-state index < -0.39 is 0 Å². The minimum atomic E-state index is -0.0312. The van der Waals surface area contributed by atoms with Gasteiger partial charge in [0, 0.05) is 49.2 Å². The van der Waals surface area contributed by atoms with Crippen molar-refractivity contribution in [3.05, 3.63) is 42.9 Å². The molecule has 1 aromatic heterocycles. The van der Waals surface area contributed by atoms with Crippen molar-refractivity contribution < 1.29 is 9.59 Å². The highest BCUT2D eigenvalue weighted by Crippen LogP contribution is 2.23. The first-order valence-electron chi connectivity index (χ1n) is 9.37. The minimum absolute atomic E-state index is 0.0163. The zero-order chi connectivity index (χ0) is 19.1. The van der Waals surface area contributed by atoms with Crippen LogP contribution in [-0.2, 0) is 9.59 Å². The molecule has 3 rings (SSSR count). The number of anilines is 3. The normalized spacial score (nSPS) is 14.6. The summed E-state index contributed by atoms with van der Waals surface area (Å²) in [6.07, 6.45) is 7.92. The predicted octanol–water partition coefficient (Wildman–Crippen LogP) is 3.07. The fourth-order valence-electron chi connectivity index (χ4n) is 3.19. The van der Waals surface area contributed by atoms with Crippen molar-refractivity contribution in [3.63, 3.8) is 0 Å². The van der Waals surface area contributed by atoms with Crippen molar-refractivity contribution in [3.8, 4) is 0 Å². The van der Waals surface area contributed by atoms with Gasteiger partial charge in [-0.2, -0.15) is 0 Å². The fraction of sp³-hybridized carbons (Fsp3) is 0.400. The van der Waals surface area contributed by atoms with Gasteiger partial charge in [0.05, 0.1) is 6.20 Å². The molecule has 1 saturated heterocycles. The summed E-state index contributed by atoms with van der Waals surface area (Å²) in [5.41, 5.74) is 1.40. The van der Waals surface area contributed by atoms with Crippen LogP contribution in [0.5, 0.6) is 0 Å². The van der Waals surface area contributed by atoms with Gasteiger partial charge in [0.1, 0.15) is 5.82 Å². The number of hydrogen-bond acceptors (Lipinski definition) is 5. The largest absolute Gasteiger partial charge is 0.355 e. The van der Waals surface area contributed by atoms with Crippen molar-refractivity contribution in [2.24, 2.45) is 5.92 Å². The SMILES string of the molecule is CCCC(=O)Nc1cccc(NC(=O)C2CCN(c3cnccn3)CC2)c1. The molecule has 2 aromatic rings. The third kappa shape index (κ3) is 5.26. The third-order valence-electron chi connectivity index (χ3n) is 4.63. The zero-order valence-electron chi connectivity index (χ0n) is 15.5. The molecule has 2 heterocycles. The van der Waals surface area contributed by atoms with Crippen LogP contribution in [-0.4, -0.2) is 34.9 Å². The second-order valence-electron chi connectivity index (χ2n) is 6.69. The molecule has 0 unspecified atom stereocenters. The van der Waals surface area contributed by atoms with E-state index >= 15 is 0 Å². The molecular formula is C20H25N5O2. The molecule has 1 fully saturated rings. The van der Waals surface area contributed by atoms with E-state index in [0.717, 1.165) is 38.2 Å². The molecule has 7 heteroatoms. The molecule has 2 N–H and O–H groups in total. The number of nitrogens with one attached hydrogen (secondary N) is 2. The lowest BCUT2D eigenvalue weighted by Gasteiger charge is -2.31. The molecule has 0 spiro atoms. The first-order valence-corrected chi connectivity index (χ1v) is 9.37. The van der Waals surface area contributed by atoms with Gasteiger partial charge in [-0.3, -0.25) is 14.6 Å². The monoisotopic (exact) mass is 367 g/mol. The Morgan fingerprint density at radius 1 is 1.15 bits per heavy atom. The average molecular weight is 367 g/mol. The van der Waals surface area contributed by atoms with Gasteiger partial charge in [-0.25, -0.2) is 4.98 Å². The van der Waals surface area contributed by atoms with E-state index in [4.69, 9.17) is 0 Å². The molecule has 0 bridgehead atoms. The van der Waals surface area contributed by atoms with Crippen LogP contribution in [0.2, 0.25) is 0 Å². The second-order valence-corrected chi connectivity index (χ2v) is 6.69. The van der Waals surface area contributed by atoms with E-state index in [1.807, 2.05) is 25.1 Å². The van der Waals surface area contributed by atoms with Crippen molar-refractivity contribution in [1.29, 1.82) is 0 Å². The van der Waals surface area contributed by atoms with Gasteiger partial charge in [-0.1, -0.05) is 13.0 Å². The highest BCUT2D eigenvalue weighted by atomic mass is 16.2. The predicted molar refractivity (Wildman–Crippen MR) is 106 cm³/mol. The number of aromatic nitrogens is 2. The Morgan fingerprint density at radius 2 is 1.89 bits per heavy atom. The number of piperidine rings is 1. The van der Waals surface area contributed by atoms with Crippen LogP contribution in [0.1, 0.15) is 32.6 Å². The number of amides is 2. The Kier molecular flexibility index (Phi) is 6.35. The third-order valence-corrected chi connectivity index (χ3v) is 4.63. The van der Waals surface area contributed by atoms with Crippen molar-refractivity contribution >= 4 is 29.0 Å². The Morgan fingerprint density at radius 3 is 2.56 bits per heavy atom. The van der Waals surface area contributed by atoms with Crippen LogP contribution in [0, 0.1) is 5.92 Å². The van der Waals surface area contributed by atoms with E-state index in [1.165, 1.54) is 0 Å². The van der Waals surface area contributed by atoms with Crippen LogP contribution >= 0.6 is 0 Å². The van der Waals surface area contributed by atoms with Gasteiger partial charge in [0.15, 0.2) is 0 Å². The molecule has 142 valence electrons. The van der Waals surface area contributed by atoms with Gasteiger partial charge < -0.3 is 15.5 Å². The maximum Gasteiger partial charge on any atom is 0.227 e. The fourth-order valence-corrected chi connectivity index (χ4v) is 3.19. The number of benzene rings is 1. The van der Waals surface area contributed by atoms with Crippen molar-refractivity contribution in [1.82, 2.24) is 9.97 Å². The van der Waals surface area contributed by atoms with Crippen molar-refractivity contribution in [2.45, 2.75) is 32.6 Å². The van der Waals surface area contributed by atoms with Crippen LogP contribution in [0.4, 0.5) is 17.2 Å². The lowest BCUT2D eigenvalue weighted by molar-refractivity contribution is -0.120. The van der Waals surface area contributed by atoms with Crippen LogP contribution in [0.15, 0.2) is 42.9 Å². The number of rotatable bonds is 6. The summed E-state index contributed by atoms with van der Waals surface area (Å²) in [7, 11) is 0. The first kappa shape index (κ1) is 18.8. The molecule has 0 atom stereocenters. The molecule has 7 nitrogen and oxygen atoms in total. The van der Waals surface area contributed by atoms with Gasteiger partial charge in [0.25, 0.3) is 0 Å². The topological polar surface area (TPSA) is 87.2 Å². The highest BCUT2D eigenvalue weighted by Gasteiger charge is 2.25. The highest BCUT2D eigenvalue weighted by molar-refractivity contribution is 5.95. The van der Waals surface area contributed by atoms with E-state index in [-0.39, 0.29) is 17.7 Å². The average Bonchev–Trinajstić information content (AvgIpc) is 2.69. The summed E-state index contributed by atoms with van der Waals surface area (Å²) in [5.74, 6) is 0.825. The molecule has 0 radical (unpaired) electrons. The Balaban J connectivity index is 1.53. The van der Waals surface area contributed by atoms with Gasteiger partial charge in [-0.15, -0.1) is 0 Å². The maximum absolute atomic E-state index is 12.6. The molecule has 1 aliphatic rings. The Bertz CT molecular complexity index is 773. The summed E-state index contributed by atoms with van der Waals surface area (Å²) in [6.45, 7) is 3.53. The quantitative estimate of drug-likeness (QED) is 0.819. The van der Waals surface area contributed by atoms with E-state index in [0.29, 0.717) is 17.8 Å². The second kappa shape index (κ2) is 9.12. The van der Waals surface area contributed by atoms with Gasteiger partial charge in [-0.05, 0) is 37.5 Å². The number of carbonyl (C=O) groups excluding carboxylic acids is 2. The van der Waals surface area contributed by atoms with Gasteiger partial charge in [0.2, 0.25) is 11.8 Å². The summed E-state index contributed by atoms with van der Waals surface area (Å²) >= 11 is 0. The molecular weight excluding hydrogens is 342 g/mol. The maximum atomic E-state index is 12.6. The summed E-state index contributed by atoms with van der Waals surface area (Å²) < 4.78 is 0. The Labute approximate surface area is 159 Å².